The van der Waals surface area contributed by atoms with Gasteiger partial charge in [0.1, 0.15) is 0 Å². The van der Waals surface area contributed by atoms with E-state index >= 15 is 0 Å². The van der Waals surface area contributed by atoms with Gasteiger partial charge >= 0.3 is 12.0 Å². The first-order valence-electron chi connectivity index (χ1n) is 7.43. The molecule has 0 aliphatic carbocycles. The third-order valence-corrected chi connectivity index (χ3v) is 3.42. The van der Waals surface area contributed by atoms with Gasteiger partial charge in [0.05, 0.1) is 19.1 Å². The minimum atomic E-state index is -0.850. The number of amides is 2. The molecule has 1 heterocycles. The van der Waals surface area contributed by atoms with Gasteiger partial charge in [-0.2, -0.15) is 0 Å². The van der Waals surface area contributed by atoms with E-state index in [4.69, 9.17) is 16.3 Å². The number of hydrogen-bond donors (Lipinski definition) is 2. The van der Waals surface area contributed by atoms with E-state index in [0.717, 1.165) is 32.1 Å². The van der Waals surface area contributed by atoms with Crippen molar-refractivity contribution in [2.24, 2.45) is 0 Å². The predicted molar refractivity (Wildman–Crippen MR) is 78.9 cm³/mol. The molecule has 0 saturated carbocycles. The summed E-state index contributed by atoms with van der Waals surface area (Å²) in [7, 11) is 0. The molecule has 1 fully saturated rings. The van der Waals surface area contributed by atoms with E-state index in [1.54, 1.807) is 4.90 Å². The summed E-state index contributed by atoms with van der Waals surface area (Å²) in [4.78, 5) is 24.1. The summed E-state index contributed by atoms with van der Waals surface area (Å²) in [6.45, 7) is 2.18. The molecule has 1 aliphatic rings. The molecule has 0 bridgehead atoms. The first-order chi connectivity index (χ1) is 10.1. The van der Waals surface area contributed by atoms with Crippen molar-refractivity contribution in [3.05, 3.63) is 0 Å². The molecule has 1 rings (SSSR count). The second kappa shape index (κ2) is 10.1. The van der Waals surface area contributed by atoms with Crippen molar-refractivity contribution in [1.29, 1.82) is 0 Å². The fourth-order valence-corrected chi connectivity index (χ4v) is 2.20. The molecule has 1 saturated heterocycles. The molecular formula is C15H24N2O4. The maximum absolute atomic E-state index is 11.9. The number of ether oxygens (including phenoxy) is 1. The summed E-state index contributed by atoms with van der Waals surface area (Å²) in [6.07, 6.45) is 9.32. The van der Waals surface area contributed by atoms with E-state index in [-0.39, 0.29) is 25.2 Å². The van der Waals surface area contributed by atoms with E-state index in [2.05, 4.69) is 11.2 Å². The monoisotopic (exact) mass is 296 g/mol. The Bertz CT molecular complexity index is 370. The van der Waals surface area contributed by atoms with Crippen LogP contribution >= 0.6 is 0 Å². The van der Waals surface area contributed by atoms with Gasteiger partial charge in [0, 0.05) is 26.1 Å². The highest BCUT2D eigenvalue weighted by Crippen LogP contribution is 2.14. The van der Waals surface area contributed by atoms with Crippen LogP contribution in [0.15, 0.2) is 0 Å². The van der Waals surface area contributed by atoms with E-state index in [1.807, 2.05) is 0 Å². The van der Waals surface area contributed by atoms with Crippen molar-refractivity contribution in [1.82, 2.24) is 10.2 Å². The Morgan fingerprint density at radius 1 is 1.33 bits per heavy atom. The van der Waals surface area contributed by atoms with Crippen LogP contribution in [0.2, 0.25) is 0 Å². The van der Waals surface area contributed by atoms with Crippen LogP contribution in [-0.4, -0.2) is 54.4 Å². The molecule has 21 heavy (non-hydrogen) atoms. The molecule has 0 radical (unpaired) electrons. The van der Waals surface area contributed by atoms with Crippen LogP contribution in [0.1, 0.15) is 38.5 Å². The number of carbonyl (C=O) groups excluding carboxylic acids is 1. The SMILES string of the molecule is C#CCCCCNC(=O)N1CCC(OCCC(=O)O)CC1. The average molecular weight is 296 g/mol. The highest BCUT2D eigenvalue weighted by atomic mass is 16.5. The Morgan fingerprint density at radius 2 is 2.05 bits per heavy atom. The molecule has 0 atom stereocenters. The number of terminal acetylenes is 1. The van der Waals surface area contributed by atoms with Crippen LogP contribution < -0.4 is 5.32 Å². The number of carboxylic acids is 1. The lowest BCUT2D eigenvalue weighted by Crippen LogP contribution is -2.46. The van der Waals surface area contributed by atoms with Gasteiger partial charge in [-0.1, -0.05) is 0 Å². The zero-order valence-corrected chi connectivity index (χ0v) is 12.3. The quantitative estimate of drug-likeness (QED) is 0.525. The molecule has 2 N–H and O–H groups in total. The summed E-state index contributed by atoms with van der Waals surface area (Å²) in [5, 5.41) is 11.4. The normalized spacial score (nSPS) is 15.5. The predicted octanol–water partition coefficient (Wildman–Crippen LogP) is 1.46. The molecule has 0 aromatic heterocycles. The average Bonchev–Trinajstić information content (AvgIpc) is 2.47. The summed E-state index contributed by atoms with van der Waals surface area (Å²) >= 11 is 0. The lowest BCUT2D eigenvalue weighted by molar-refractivity contribution is -0.138. The number of unbranched alkanes of at least 4 members (excludes halogenated alkanes) is 2. The molecular weight excluding hydrogens is 272 g/mol. The fraction of sp³-hybridized carbons (Fsp3) is 0.733. The van der Waals surface area contributed by atoms with Gasteiger partial charge in [-0.05, 0) is 25.7 Å². The maximum atomic E-state index is 11.9. The Kier molecular flexibility index (Phi) is 8.29. The van der Waals surface area contributed by atoms with Crippen LogP contribution in [0.4, 0.5) is 4.79 Å². The second-order valence-electron chi connectivity index (χ2n) is 5.09. The van der Waals surface area contributed by atoms with E-state index in [0.29, 0.717) is 19.6 Å². The third kappa shape index (κ3) is 7.57. The first-order valence-corrected chi connectivity index (χ1v) is 7.43. The van der Waals surface area contributed by atoms with Gasteiger partial charge in [0.25, 0.3) is 0 Å². The molecule has 6 heteroatoms. The van der Waals surface area contributed by atoms with Crippen molar-refractivity contribution in [2.45, 2.75) is 44.6 Å². The number of nitrogens with zero attached hydrogens (tertiary/aromatic N) is 1. The van der Waals surface area contributed by atoms with Crippen molar-refractivity contribution in [2.75, 3.05) is 26.2 Å². The largest absolute Gasteiger partial charge is 0.481 e. The summed E-state index contributed by atoms with van der Waals surface area (Å²) in [6, 6.07) is -0.0420. The van der Waals surface area contributed by atoms with Crippen LogP contribution in [0.5, 0.6) is 0 Å². The third-order valence-electron chi connectivity index (χ3n) is 3.42. The summed E-state index contributed by atoms with van der Waals surface area (Å²) in [5.74, 6) is 1.72. The van der Waals surface area contributed by atoms with Gasteiger partial charge in [0.2, 0.25) is 0 Å². The Labute approximate surface area is 125 Å². The first kappa shape index (κ1) is 17.3. The lowest BCUT2D eigenvalue weighted by Gasteiger charge is -2.31. The number of carbonyl (C=O) groups is 2. The van der Waals surface area contributed by atoms with Gasteiger partial charge in [-0.3, -0.25) is 4.79 Å². The van der Waals surface area contributed by atoms with Gasteiger partial charge in [-0.25, -0.2) is 4.79 Å². The number of hydrogen-bond acceptors (Lipinski definition) is 3. The molecule has 0 unspecified atom stereocenters. The molecule has 0 spiro atoms. The van der Waals surface area contributed by atoms with Crippen molar-refractivity contribution < 1.29 is 19.4 Å². The number of carboxylic acid groups (broad SMARTS) is 1. The topological polar surface area (TPSA) is 78.9 Å². The highest BCUT2D eigenvalue weighted by molar-refractivity contribution is 5.74. The molecule has 0 aromatic rings. The van der Waals surface area contributed by atoms with Crippen molar-refractivity contribution >= 4 is 12.0 Å². The molecule has 0 aromatic carbocycles. The zero-order chi connectivity index (χ0) is 15.5. The standard InChI is InChI=1S/C15H24N2O4/c1-2-3-4-5-9-16-15(20)17-10-6-13(7-11-17)21-12-8-14(18)19/h1,13H,3-12H2,(H,16,20)(H,18,19). The molecule has 118 valence electrons. The van der Waals surface area contributed by atoms with Crippen molar-refractivity contribution in [3.8, 4) is 12.3 Å². The van der Waals surface area contributed by atoms with Gasteiger partial charge < -0.3 is 20.1 Å². The Morgan fingerprint density at radius 3 is 2.67 bits per heavy atom. The van der Waals surface area contributed by atoms with E-state index in [1.165, 1.54) is 0 Å². The highest BCUT2D eigenvalue weighted by Gasteiger charge is 2.22. The van der Waals surface area contributed by atoms with Crippen LogP contribution in [0, 0.1) is 12.3 Å². The molecule has 1 aliphatic heterocycles. The van der Waals surface area contributed by atoms with Crippen LogP contribution in [-0.2, 0) is 9.53 Å². The fourth-order valence-electron chi connectivity index (χ4n) is 2.20. The van der Waals surface area contributed by atoms with Crippen LogP contribution in [0.3, 0.4) is 0 Å². The molecule has 2 amide bonds. The van der Waals surface area contributed by atoms with Gasteiger partial charge in [-0.15, -0.1) is 12.3 Å². The minimum absolute atomic E-state index is 0.0261. The molecule has 6 nitrogen and oxygen atoms in total. The summed E-state index contributed by atoms with van der Waals surface area (Å²) in [5.41, 5.74) is 0. The van der Waals surface area contributed by atoms with Crippen molar-refractivity contribution in [3.63, 3.8) is 0 Å². The smallest absolute Gasteiger partial charge is 0.317 e. The number of aliphatic carboxylic acids is 1. The number of urea groups is 1. The maximum Gasteiger partial charge on any atom is 0.317 e. The Hall–Kier alpha value is -1.74. The van der Waals surface area contributed by atoms with E-state index in [9.17, 15) is 9.59 Å². The number of rotatable bonds is 8. The van der Waals surface area contributed by atoms with Gasteiger partial charge in [0.15, 0.2) is 0 Å². The number of likely N-dealkylation sites (tertiary alicyclic amines) is 1. The lowest BCUT2D eigenvalue weighted by atomic mass is 10.1. The van der Waals surface area contributed by atoms with E-state index < -0.39 is 5.97 Å². The van der Waals surface area contributed by atoms with Crippen LogP contribution in [0.25, 0.3) is 0 Å². The summed E-state index contributed by atoms with van der Waals surface area (Å²) < 4.78 is 5.49. The second-order valence-corrected chi connectivity index (χ2v) is 5.09. The number of piperidine rings is 1. The minimum Gasteiger partial charge on any atom is -0.481 e. The number of nitrogens with one attached hydrogen (secondary N) is 1. The Balaban J connectivity index is 2.10. The zero-order valence-electron chi connectivity index (χ0n) is 12.3.